The van der Waals surface area contributed by atoms with E-state index in [-0.39, 0.29) is 35.7 Å². The molecule has 0 unspecified atom stereocenters. The third-order valence-electron chi connectivity index (χ3n) is 8.09. The third kappa shape index (κ3) is 6.63. The third-order valence-corrected chi connectivity index (χ3v) is 10.8. The lowest BCUT2D eigenvalue weighted by molar-refractivity contribution is -0.128. The monoisotopic (exact) mass is 610 g/mol. The normalized spacial score (nSPS) is 22.9. The van der Waals surface area contributed by atoms with Crippen LogP contribution in [0.25, 0.3) is 21.1 Å². The zero-order valence-electron chi connectivity index (χ0n) is 24.0. The highest BCUT2D eigenvalue weighted by Gasteiger charge is 2.40. The Kier molecular flexibility index (Phi) is 8.89. The van der Waals surface area contributed by atoms with E-state index in [0.29, 0.717) is 36.6 Å². The molecule has 3 heterocycles. The van der Waals surface area contributed by atoms with E-state index in [1.807, 2.05) is 57.2 Å². The predicted molar refractivity (Wildman–Crippen MR) is 162 cm³/mol. The molecule has 5 rings (SSSR count). The van der Waals surface area contributed by atoms with Crippen molar-refractivity contribution in [3.63, 3.8) is 0 Å². The minimum Gasteiger partial charge on any atom is -0.369 e. The molecule has 0 radical (unpaired) electrons. The fourth-order valence-electron chi connectivity index (χ4n) is 5.55. The fourth-order valence-corrected chi connectivity index (χ4v) is 7.86. The van der Waals surface area contributed by atoms with Crippen LogP contribution in [-0.4, -0.2) is 66.3 Å². The topological polar surface area (TPSA) is 129 Å². The van der Waals surface area contributed by atoms with Crippen molar-refractivity contribution in [3.8, 4) is 27.2 Å². The molecule has 1 aromatic carbocycles. The summed E-state index contributed by atoms with van der Waals surface area (Å²) in [5.74, 6) is -1.14. The number of sulfone groups is 1. The Morgan fingerprint density at radius 3 is 2.45 bits per heavy atom. The lowest BCUT2D eigenvalue weighted by Crippen LogP contribution is -2.44. The highest BCUT2D eigenvalue weighted by molar-refractivity contribution is 7.91. The molecular weight excluding hydrogens is 576 g/mol. The molecule has 0 bridgehead atoms. The van der Waals surface area contributed by atoms with Crippen LogP contribution in [0.15, 0.2) is 36.4 Å². The van der Waals surface area contributed by atoms with Crippen LogP contribution >= 0.6 is 11.3 Å². The molecule has 1 N–H and O–H groups in total. The molecule has 0 spiro atoms. The SMILES string of the molecule is Cc1ccc(-c2nc([C@@H]3CC[C@H](F)C[C@H]3C(=O)N[C@H](C#N)C(C)C)c(-c3ccc(N4CCS(=O)(=O)CC4)cc3)s2)nn1. The number of nitrogens with one attached hydrogen (secondary N) is 1. The summed E-state index contributed by atoms with van der Waals surface area (Å²) in [7, 11) is -2.99. The van der Waals surface area contributed by atoms with Crippen molar-refractivity contribution in [2.24, 2.45) is 11.8 Å². The maximum atomic E-state index is 14.7. The van der Waals surface area contributed by atoms with E-state index in [9.17, 15) is 22.9 Å². The standard InChI is InChI=1S/C30H35FN6O3S2/c1-18(2)26(17-32)33-29(38)24-16-21(31)7-10-23(24)27-28(41-30(34-27)25-11-4-19(3)35-36-25)20-5-8-22(9-6-20)37-12-14-42(39,40)15-13-37/h4-6,8-9,11,18,21,23-24,26H,7,10,12-16H2,1-3H3,(H,33,38)/t21-,23+,24+,26+/m0/s1. The second-order valence-electron chi connectivity index (χ2n) is 11.5. The maximum Gasteiger partial charge on any atom is 0.224 e. The molecule has 4 atom stereocenters. The van der Waals surface area contributed by atoms with Crippen LogP contribution < -0.4 is 10.2 Å². The number of nitriles is 1. The summed E-state index contributed by atoms with van der Waals surface area (Å²) < 4.78 is 38.5. The van der Waals surface area contributed by atoms with E-state index in [1.54, 1.807) is 0 Å². The Labute approximate surface area is 250 Å². The number of nitrogens with zero attached hydrogens (tertiary/aromatic N) is 5. The van der Waals surface area contributed by atoms with Crippen molar-refractivity contribution in [1.82, 2.24) is 20.5 Å². The van der Waals surface area contributed by atoms with Crippen LogP contribution in [0.5, 0.6) is 0 Å². The Bertz CT molecular complexity index is 1550. The minimum atomic E-state index is -2.99. The van der Waals surface area contributed by atoms with Gasteiger partial charge in [-0.2, -0.15) is 10.4 Å². The van der Waals surface area contributed by atoms with Crippen LogP contribution in [0.1, 0.15) is 50.4 Å². The molecule has 1 saturated carbocycles. The van der Waals surface area contributed by atoms with Gasteiger partial charge in [0.05, 0.1) is 33.8 Å². The average Bonchev–Trinajstić information content (AvgIpc) is 3.41. The first-order chi connectivity index (χ1) is 20.0. The quantitative estimate of drug-likeness (QED) is 0.408. The molecule has 1 amide bonds. The van der Waals surface area contributed by atoms with Crippen molar-refractivity contribution in [1.29, 1.82) is 5.26 Å². The van der Waals surface area contributed by atoms with Crippen molar-refractivity contribution in [3.05, 3.63) is 47.8 Å². The zero-order valence-corrected chi connectivity index (χ0v) is 25.6. The van der Waals surface area contributed by atoms with Crippen LogP contribution in [0, 0.1) is 30.1 Å². The van der Waals surface area contributed by atoms with Gasteiger partial charge >= 0.3 is 0 Å². The summed E-state index contributed by atoms with van der Waals surface area (Å²) in [6, 6.07) is 13.2. The fraction of sp³-hybridized carbons (Fsp3) is 0.500. The van der Waals surface area contributed by atoms with Gasteiger partial charge in [0.1, 0.15) is 22.9 Å². The molecule has 1 aliphatic carbocycles. The maximum absolute atomic E-state index is 14.7. The molecular formula is C30H35FN6O3S2. The van der Waals surface area contributed by atoms with Crippen LogP contribution in [0.3, 0.4) is 0 Å². The van der Waals surface area contributed by atoms with E-state index in [2.05, 4.69) is 26.5 Å². The van der Waals surface area contributed by atoms with Crippen molar-refractivity contribution in [2.45, 2.75) is 58.2 Å². The number of halogens is 1. The number of aromatic nitrogens is 3. The van der Waals surface area contributed by atoms with Gasteiger partial charge in [-0.15, -0.1) is 16.4 Å². The average molecular weight is 611 g/mol. The largest absolute Gasteiger partial charge is 0.369 e. The number of benzene rings is 1. The van der Waals surface area contributed by atoms with Crippen molar-refractivity contribution >= 4 is 32.8 Å². The molecule has 2 fully saturated rings. The van der Waals surface area contributed by atoms with Gasteiger partial charge in [0.15, 0.2) is 9.84 Å². The predicted octanol–water partition coefficient (Wildman–Crippen LogP) is 4.70. The Hall–Kier alpha value is -3.43. The molecule has 9 nitrogen and oxygen atoms in total. The van der Waals surface area contributed by atoms with Gasteiger partial charge in [0, 0.05) is 30.6 Å². The number of anilines is 1. The number of hydrogen-bond donors (Lipinski definition) is 1. The lowest BCUT2D eigenvalue weighted by atomic mass is 9.75. The van der Waals surface area contributed by atoms with Crippen LogP contribution in [-0.2, 0) is 14.6 Å². The minimum absolute atomic E-state index is 0.0696. The highest BCUT2D eigenvalue weighted by atomic mass is 32.2. The second-order valence-corrected chi connectivity index (χ2v) is 14.8. The van der Waals surface area contributed by atoms with E-state index >= 15 is 0 Å². The lowest BCUT2D eigenvalue weighted by Gasteiger charge is -2.33. The molecule has 1 aliphatic heterocycles. The van der Waals surface area contributed by atoms with E-state index < -0.39 is 28.0 Å². The Balaban J connectivity index is 1.51. The summed E-state index contributed by atoms with van der Waals surface area (Å²) in [5, 5.41) is 21.6. The van der Waals surface area contributed by atoms with Gasteiger partial charge < -0.3 is 10.2 Å². The van der Waals surface area contributed by atoms with Gasteiger partial charge in [0.2, 0.25) is 5.91 Å². The summed E-state index contributed by atoms with van der Waals surface area (Å²) in [4.78, 5) is 21.4. The Morgan fingerprint density at radius 1 is 1.12 bits per heavy atom. The second kappa shape index (κ2) is 12.4. The summed E-state index contributed by atoms with van der Waals surface area (Å²) in [5.41, 5.74) is 3.97. The van der Waals surface area contributed by atoms with Gasteiger partial charge in [0.25, 0.3) is 0 Å². The Morgan fingerprint density at radius 2 is 1.83 bits per heavy atom. The van der Waals surface area contributed by atoms with Gasteiger partial charge in [-0.05, 0) is 61.9 Å². The van der Waals surface area contributed by atoms with Crippen LogP contribution in [0.2, 0.25) is 0 Å². The number of amides is 1. The first kappa shape index (κ1) is 30.0. The molecule has 42 heavy (non-hydrogen) atoms. The first-order valence-corrected chi connectivity index (χ1v) is 16.9. The number of carbonyl (C=O) groups is 1. The number of rotatable bonds is 7. The first-order valence-electron chi connectivity index (χ1n) is 14.3. The molecule has 3 aromatic rings. The zero-order chi connectivity index (χ0) is 30.0. The van der Waals surface area contributed by atoms with Crippen molar-refractivity contribution in [2.75, 3.05) is 29.5 Å². The molecule has 2 aromatic heterocycles. The number of thiazole rings is 1. The van der Waals surface area contributed by atoms with Crippen molar-refractivity contribution < 1.29 is 17.6 Å². The van der Waals surface area contributed by atoms with E-state index in [0.717, 1.165) is 27.5 Å². The van der Waals surface area contributed by atoms with Crippen LogP contribution in [0.4, 0.5) is 10.1 Å². The van der Waals surface area contributed by atoms with E-state index in [4.69, 9.17) is 4.98 Å². The summed E-state index contributed by atoms with van der Waals surface area (Å²) >= 11 is 1.46. The number of aryl methyl sites for hydroxylation is 1. The molecule has 12 heteroatoms. The molecule has 222 valence electrons. The van der Waals surface area contributed by atoms with Gasteiger partial charge in [-0.25, -0.2) is 17.8 Å². The highest BCUT2D eigenvalue weighted by Crippen LogP contribution is 2.46. The smallest absolute Gasteiger partial charge is 0.224 e. The number of alkyl halides is 1. The number of carbonyl (C=O) groups excluding carboxylic acids is 1. The van der Waals surface area contributed by atoms with Gasteiger partial charge in [-0.3, -0.25) is 4.79 Å². The summed E-state index contributed by atoms with van der Waals surface area (Å²) in [6.07, 6.45) is -0.254. The van der Waals surface area contributed by atoms with Gasteiger partial charge in [-0.1, -0.05) is 26.0 Å². The number of hydrogen-bond acceptors (Lipinski definition) is 9. The van der Waals surface area contributed by atoms with E-state index in [1.165, 1.54) is 11.3 Å². The molecule has 2 aliphatic rings. The summed E-state index contributed by atoms with van der Waals surface area (Å²) in [6.45, 7) is 6.49. The molecule has 1 saturated heterocycles.